The summed E-state index contributed by atoms with van der Waals surface area (Å²) in [6.07, 6.45) is -6.07. The van der Waals surface area contributed by atoms with E-state index in [1.807, 2.05) is 0 Å². The number of nitrogens with two attached hydrogens (primary N) is 1. The number of aliphatic hydroxyl groups excluding tert-OH is 3. The number of ether oxygens (including phenoxy) is 1. The topological polar surface area (TPSA) is 130 Å². The van der Waals surface area contributed by atoms with Crippen molar-refractivity contribution in [1.29, 1.82) is 0 Å². The van der Waals surface area contributed by atoms with Crippen LogP contribution < -0.4 is 5.73 Å². The molecule has 0 aliphatic carbocycles. The summed E-state index contributed by atoms with van der Waals surface area (Å²) in [6.45, 7) is 1.23. The smallest absolute Gasteiger partial charge is 0.341 e. The molecular formula is C13H17NO6. The molecule has 0 saturated heterocycles. The monoisotopic (exact) mass is 283 g/mol. The van der Waals surface area contributed by atoms with Gasteiger partial charge in [-0.05, 0) is 19.1 Å². The van der Waals surface area contributed by atoms with Gasteiger partial charge in [0.2, 0.25) is 0 Å². The van der Waals surface area contributed by atoms with Gasteiger partial charge >= 0.3 is 5.97 Å². The quantitative estimate of drug-likeness (QED) is 0.302. The third-order valence-electron chi connectivity index (χ3n) is 2.74. The van der Waals surface area contributed by atoms with Crippen LogP contribution in [0.5, 0.6) is 0 Å². The van der Waals surface area contributed by atoms with Crippen LogP contribution >= 0.6 is 0 Å². The Morgan fingerprint density at radius 1 is 1.25 bits per heavy atom. The van der Waals surface area contributed by atoms with Crippen LogP contribution in [0.2, 0.25) is 0 Å². The molecule has 1 aromatic rings. The summed E-state index contributed by atoms with van der Waals surface area (Å²) in [5.41, 5.74) is 5.78. The Labute approximate surface area is 115 Å². The zero-order valence-electron chi connectivity index (χ0n) is 10.8. The lowest BCUT2D eigenvalue weighted by Gasteiger charge is -2.24. The molecule has 0 aromatic heterocycles. The van der Waals surface area contributed by atoms with Crippen molar-refractivity contribution in [2.75, 3.05) is 5.73 Å². The molecule has 0 bridgehead atoms. The molecule has 5 N–H and O–H groups in total. The molecule has 4 atom stereocenters. The number of aliphatic hydroxyl groups is 3. The second kappa shape index (κ2) is 6.99. The lowest BCUT2D eigenvalue weighted by Crippen LogP contribution is -2.46. The Kier molecular flexibility index (Phi) is 5.63. The van der Waals surface area contributed by atoms with E-state index in [1.165, 1.54) is 19.1 Å². The van der Waals surface area contributed by atoms with Crippen LogP contribution in [0.1, 0.15) is 17.3 Å². The number of hydrogen-bond acceptors (Lipinski definition) is 7. The second-order valence-electron chi connectivity index (χ2n) is 4.32. The van der Waals surface area contributed by atoms with Crippen molar-refractivity contribution in [3.05, 3.63) is 29.8 Å². The van der Waals surface area contributed by atoms with Gasteiger partial charge in [0.15, 0.2) is 12.4 Å². The van der Waals surface area contributed by atoms with Gasteiger partial charge in [-0.1, -0.05) is 12.1 Å². The molecular weight excluding hydrogens is 266 g/mol. The van der Waals surface area contributed by atoms with E-state index in [-0.39, 0.29) is 17.5 Å². The van der Waals surface area contributed by atoms with Gasteiger partial charge < -0.3 is 25.8 Å². The SMILES string of the molecule is C[C@@H](O)[C@H](O)[C@H](O)[C@H](C=O)OC(=O)c1ccccc1N. The van der Waals surface area contributed by atoms with Gasteiger partial charge in [-0.25, -0.2) is 4.79 Å². The number of esters is 1. The molecule has 7 nitrogen and oxygen atoms in total. The molecule has 0 aliphatic heterocycles. The molecule has 0 unspecified atom stereocenters. The first-order valence-electron chi connectivity index (χ1n) is 5.93. The maximum Gasteiger partial charge on any atom is 0.341 e. The number of carbonyl (C=O) groups is 2. The predicted molar refractivity (Wildman–Crippen MR) is 69.8 cm³/mol. The summed E-state index contributed by atoms with van der Waals surface area (Å²) in [4.78, 5) is 22.7. The Morgan fingerprint density at radius 3 is 2.35 bits per heavy atom. The van der Waals surface area contributed by atoms with Gasteiger partial charge in [0.1, 0.15) is 12.2 Å². The average Bonchev–Trinajstić information content (AvgIpc) is 2.43. The summed E-state index contributed by atoms with van der Waals surface area (Å²) in [6, 6.07) is 6.06. The number of carbonyl (C=O) groups excluding carboxylic acids is 2. The summed E-state index contributed by atoms with van der Waals surface area (Å²) in [7, 11) is 0. The molecule has 0 fully saturated rings. The lowest BCUT2D eigenvalue weighted by atomic mass is 10.0. The first-order chi connectivity index (χ1) is 9.38. The maximum absolute atomic E-state index is 11.8. The first kappa shape index (κ1) is 16.1. The van der Waals surface area contributed by atoms with Crippen molar-refractivity contribution >= 4 is 17.9 Å². The average molecular weight is 283 g/mol. The van der Waals surface area contributed by atoms with Crippen molar-refractivity contribution < 1.29 is 29.6 Å². The van der Waals surface area contributed by atoms with E-state index in [4.69, 9.17) is 15.6 Å². The van der Waals surface area contributed by atoms with Gasteiger partial charge in [0.05, 0.1) is 11.7 Å². The van der Waals surface area contributed by atoms with Gasteiger partial charge in [-0.15, -0.1) is 0 Å². The number of aldehydes is 1. The van der Waals surface area contributed by atoms with Crippen molar-refractivity contribution in [2.45, 2.75) is 31.3 Å². The van der Waals surface area contributed by atoms with E-state index < -0.39 is 30.4 Å². The Bertz CT molecular complexity index is 476. The highest BCUT2D eigenvalue weighted by molar-refractivity contribution is 5.95. The third kappa shape index (κ3) is 3.77. The fourth-order valence-electron chi connectivity index (χ4n) is 1.53. The minimum absolute atomic E-state index is 0.0399. The molecule has 1 aromatic carbocycles. The van der Waals surface area contributed by atoms with Gasteiger partial charge in [-0.2, -0.15) is 0 Å². The van der Waals surface area contributed by atoms with Gasteiger partial charge in [0, 0.05) is 5.69 Å². The van der Waals surface area contributed by atoms with Crippen LogP contribution in [0.25, 0.3) is 0 Å². The number of benzene rings is 1. The molecule has 0 heterocycles. The lowest BCUT2D eigenvalue weighted by molar-refractivity contribution is -0.133. The van der Waals surface area contributed by atoms with Crippen LogP contribution in [0, 0.1) is 0 Å². The number of anilines is 1. The molecule has 0 spiro atoms. The van der Waals surface area contributed by atoms with Crippen LogP contribution in [-0.2, 0) is 9.53 Å². The Balaban J connectivity index is 2.81. The van der Waals surface area contributed by atoms with Crippen molar-refractivity contribution in [2.24, 2.45) is 0 Å². The number of nitrogen functional groups attached to an aromatic ring is 1. The third-order valence-corrected chi connectivity index (χ3v) is 2.74. The van der Waals surface area contributed by atoms with Crippen LogP contribution in [0.15, 0.2) is 24.3 Å². The van der Waals surface area contributed by atoms with Crippen molar-refractivity contribution in [3.63, 3.8) is 0 Å². The zero-order valence-corrected chi connectivity index (χ0v) is 10.8. The molecule has 1 rings (SSSR count). The predicted octanol–water partition coefficient (Wildman–Crippen LogP) is -0.904. The van der Waals surface area contributed by atoms with Gasteiger partial charge in [0.25, 0.3) is 0 Å². The van der Waals surface area contributed by atoms with Crippen LogP contribution in [0.3, 0.4) is 0 Å². The summed E-state index contributed by atoms with van der Waals surface area (Å²) in [5, 5.41) is 28.3. The van der Waals surface area contributed by atoms with E-state index in [1.54, 1.807) is 12.1 Å². The fourth-order valence-corrected chi connectivity index (χ4v) is 1.53. The number of rotatable bonds is 6. The molecule has 0 amide bonds. The highest BCUT2D eigenvalue weighted by atomic mass is 16.6. The summed E-state index contributed by atoms with van der Waals surface area (Å²) in [5.74, 6) is -0.906. The van der Waals surface area contributed by atoms with Crippen molar-refractivity contribution in [3.8, 4) is 0 Å². The van der Waals surface area contributed by atoms with E-state index in [0.717, 1.165) is 0 Å². The van der Waals surface area contributed by atoms with Crippen LogP contribution in [0.4, 0.5) is 5.69 Å². The second-order valence-corrected chi connectivity index (χ2v) is 4.32. The summed E-state index contributed by atoms with van der Waals surface area (Å²) >= 11 is 0. The van der Waals surface area contributed by atoms with Crippen molar-refractivity contribution in [1.82, 2.24) is 0 Å². The molecule has 0 saturated carbocycles. The zero-order chi connectivity index (χ0) is 15.3. The van der Waals surface area contributed by atoms with E-state index in [2.05, 4.69) is 0 Å². The highest BCUT2D eigenvalue weighted by Gasteiger charge is 2.32. The largest absolute Gasteiger partial charge is 0.448 e. The Hall–Kier alpha value is -1.96. The van der Waals surface area contributed by atoms with E-state index in [0.29, 0.717) is 0 Å². The molecule has 20 heavy (non-hydrogen) atoms. The number of para-hydroxylation sites is 1. The molecule has 7 heteroatoms. The fraction of sp³-hybridized carbons (Fsp3) is 0.385. The van der Waals surface area contributed by atoms with Crippen LogP contribution in [-0.4, -0.2) is 52.0 Å². The molecule has 0 aliphatic rings. The minimum Gasteiger partial charge on any atom is -0.448 e. The summed E-state index contributed by atoms with van der Waals surface area (Å²) < 4.78 is 4.79. The standard InChI is InChI=1S/C13H17NO6/c1-7(16)11(17)12(18)10(6-15)20-13(19)8-4-2-3-5-9(8)14/h2-7,10-12,16-18H,14H2,1H3/t7-,10+,11+,12-/m1/s1. The molecule has 0 radical (unpaired) electrons. The van der Waals surface area contributed by atoms with E-state index >= 15 is 0 Å². The number of hydrogen-bond donors (Lipinski definition) is 4. The minimum atomic E-state index is -1.73. The maximum atomic E-state index is 11.8. The molecule has 110 valence electrons. The van der Waals surface area contributed by atoms with Gasteiger partial charge in [-0.3, -0.25) is 4.79 Å². The highest BCUT2D eigenvalue weighted by Crippen LogP contribution is 2.14. The normalized spacial score (nSPS) is 16.8. The first-order valence-corrected chi connectivity index (χ1v) is 5.93. The Morgan fingerprint density at radius 2 is 1.85 bits per heavy atom. The van der Waals surface area contributed by atoms with E-state index in [9.17, 15) is 19.8 Å².